The second-order valence-electron chi connectivity index (χ2n) is 5.32. The van der Waals surface area contributed by atoms with Crippen LogP contribution in [0.5, 0.6) is 5.88 Å². The van der Waals surface area contributed by atoms with Gasteiger partial charge in [-0.2, -0.15) is 10.2 Å². The second-order valence-corrected chi connectivity index (χ2v) is 6.24. The van der Waals surface area contributed by atoms with E-state index in [4.69, 9.17) is 10.00 Å². The molecule has 0 aliphatic rings. The first-order valence-corrected chi connectivity index (χ1v) is 8.49. The van der Waals surface area contributed by atoms with E-state index in [1.165, 1.54) is 0 Å². The van der Waals surface area contributed by atoms with E-state index in [0.717, 1.165) is 21.3 Å². The summed E-state index contributed by atoms with van der Waals surface area (Å²) in [4.78, 5) is 13.2. The van der Waals surface area contributed by atoms with Crippen LogP contribution in [-0.4, -0.2) is 15.0 Å². The Labute approximate surface area is 148 Å². The van der Waals surface area contributed by atoms with Gasteiger partial charge in [0.05, 0.1) is 17.1 Å². The summed E-state index contributed by atoms with van der Waals surface area (Å²) in [6.07, 6.45) is 3.43. The van der Waals surface area contributed by atoms with Crippen LogP contribution in [0, 0.1) is 11.3 Å². The number of nitrogens with zero attached hydrogens (tertiary/aromatic N) is 4. The van der Waals surface area contributed by atoms with E-state index < -0.39 is 0 Å². The third-order valence-corrected chi connectivity index (χ3v) is 4.56. The Kier molecular flexibility index (Phi) is 4.07. The Balaban J connectivity index is 1.66. The number of benzene rings is 1. The van der Waals surface area contributed by atoms with Crippen LogP contribution in [-0.2, 0) is 6.61 Å². The molecule has 0 atom stereocenters. The quantitative estimate of drug-likeness (QED) is 0.555. The summed E-state index contributed by atoms with van der Waals surface area (Å²) in [6, 6.07) is 15.1. The van der Waals surface area contributed by atoms with Gasteiger partial charge in [-0.3, -0.25) is 4.98 Å². The maximum Gasteiger partial charge on any atom is 0.235 e. The summed E-state index contributed by atoms with van der Waals surface area (Å²) in [6.45, 7) is 0.380. The molecule has 4 aromatic rings. The van der Waals surface area contributed by atoms with Crippen molar-refractivity contribution in [3.8, 4) is 23.3 Å². The van der Waals surface area contributed by atoms with Gasteiger partial charge in [-0.05, 0) is 41.3 Å². The number of ether oxygens (including phenoxy) is 1. The first kappa shape index (κ1) is 15.2. The molecule has 0 saturated carbocycles. The first-order chi connectivity index (χ1) is 12.3. The molecule has 0 amide bonds. The zero-order chi connectivity index (χ0) is 17.1. The van der Waals surface area contributed by atoms with Gasteiger partial charge < -0.3 is 4.74 Å². The van der Waals surface area contributed by atoms with Crippen LogP contribution in [0.25, 0.3) is 21.6 Å². The van der Waals surface area contributed by atoms with Crippen LogP contribution in [0.4, 0.5) is 0 Å². The van der Waals surface area contributed by atoms with Gasteiger partial charge in [0.2, 0.25) is 5.88 Å². The molecule has 0 aliphatic heterocycles. The summed E-state index contributed by atoms with van der Waals surface area (Å²) >= 11 is 1.55. The Morgan fingerprint density at radius 3 is 2.56 bits per heavy atom. The zero-order valence-electron chi connectivity index (χ0n) is 13.1. The average molecular weight is 344 g/mol. The maximum absolute atomic E-state index is 8.87. The summed E-state index contributed by atoms with van der Waals surface area (Å²) in [5.41, 5.74) is 3.37. The van der Waals surface area contributed by atoms with Gasteiger partial charge in [-0.15, -0.1) is 11.3 Å². The fraction of sp³-hybridized carbons (Fsp3) is 0.0526. The molecule has 0 bridgehead atoms. The molecule has 0 spiro atoms. The lowest BCUT2D eigenvalue weighted by Gasteiger charge is -2.08. The lowest BCUT2D eigenvalue weighted by atomic mass is 10.2. The highest BCUT2D eigenvalue weighted by molar-refractivity contribution is 7.17. The van der Waals surface area contributed by atoms with Crippen molar-refractivity contribution in [1.82, 2.24) is 15.0 Å². The van der Waals surface area contributed by atoms with E-state index in [-0.39, 0.29) is 0 Å². The number of thiophene rings is 1. The van der Waals surface area contributed by atoms with Crippen molar-refractivity contribution in [2.24, 2.45) is 0 Å². The maximum atomic E-state index is 8.87. The SMILES string of the molecule is N#Cc1ccc(COc2nc(-c3ccncc3)nc3ccsc23)cc1. The van der Waals surface area contributed by atoms with Gasteiger partial charge in [-0.1, -0.05) is 12.1 Å². The van der Waals surface area contributed by atoms with Crippen LogP contribution in [0.1, 0.15) is 11.1 Å². The summed E-state index contributed by atoms with van der Waals surface area (Å²) in [5, 5.41) is 10.8. The number of aromatic nitrogens is 3. The van der Waals surface area contributed by atoms with E-state index >= 15 is 0 Å². The molecule has 120 valence electrons. The van der Waals surface area contributed by atoms with Crippen molar-refractivity contribution in [3.63, 3.8) is 0 Å². The third kappa shape index (κ3) is 3.18. The monoisotopic (exact) mass is 344 g/mol. The zero-order valence-corrected chi connectivity index (χ0v) is 13.9. The van der Waals surface area contributed by atoms with E-state index in [0.29, 0.717) is 23.9 Å². The van der Waals surface area contributed by atoms with Gasteiger partial charge in [0, 0.05) is 18.0 Å². The number of pyridine rings is 1. The lowest BCUT2D eigenvalue weighted by molar-refractivity contribution is 0.298. The lowest BCUT2D eigenvalue weighted by Crippen LogP contribution is -2.00. The Morgan fingerprint density at radius 1 is 1.00 bits per heavy atom. The fourth-order valence-electron chi connectivity index (χ4n) is 2.39. The number of hydrogen-bond acceptors (Lipinski definition) is 6. The molecular weight excluding hydrogens is 332 g/mol. The van der Waals surface area contributed by atoms with Gasteiger partial charge in [-0.25, -0.2) is 4.98 Å². The van der Waals surface area contributed by atoms with E-state index in [9.17, 15) is 0 Å². The van der Waals surface area contributed by atoms with Gasteiger partial charge >= 0.3 is 0 Å². The highest BCUT2D eigenvalue weighted by Crippen LogP contribution is 2.31. The summed E-state index contributed by atoms with van der Waals surface area (Å²) in [7, 11) is 0. The number of hydrogen-bond donors (Lipinski definition) is 0. The number of nitriles is 1. The molecule has 0 radical (unpaired) electrons. The molecule has 0 unspecified atom stereocenters. The molecule has 25 heavy (non-hydrogen) atoms. The third-order valence-electron chi connectivity index (χ3n) is 3.67. The largest absolute Gasteiger partial charge is 0.472 e. The average Bonchev–Trinajstić information content (AvgIpc) is 3.16. The van der Waals surface area contributed by atoms with Crippen molar-refractivity contribution in [3.05, 3.63) is 71.4 Å². The van der Waals surface area contributed by atoms with Crippen LogP contribution in [0.2, 0.25) is 0 Å². The Bertz CT molecular complexity index is 1050. The molecule has 1 aromatic carbocycles. The van der Waals surface area contributed by atoms with E-state index in [2.05, 4.69) is 21.0 Å². The minimum Gasteiger partial charge on any atom is -0.472 e. The first-order valence-electron chi connectivity index (χ1n) is 7.61. The molecular formula is C19H12N4OS. The minimum absolute atomic E-state index is 0.380. The molecule has 0 aliphatic carbocycles. The van der Waals surface area contributed by atoms with E-state index in [1.807, 2.05) is 35.7 Å². The molecule has 0 fully saturated rings. The van der Waals surface area contributed by atoms with Crippen molar-refractivity contribution >= 4 is 21.6 Å². The molecule has 6 heteroatoms. The molecule has 3 aromatic heterocycles. The van der Waals surface area contributed by atoms with Crippen molar-refractivity contribution in [2.45, 2.75) is 6.61 Å². The van der Waals surface area contributed by atoms with E-state index in [1.54, 1.807) is 35.9 Å². The second kappa shape index (κ2) is 6.67. The van der Waals surface area contributed by atoms with Crippen LogP contribution < -0.4 is 4.74 Å². The number of fused-ring (bicyclic) bond motifs is 1. The summed E-state index contributed by atoms with van der Waals surface area (Å²) in [5.74, 6) is 1.18. The summed E-state index contributed by atoms with van der Waals surface area (Å²) < 4.78 is 6.88. The van der Waals surface area contributed by atoms with Gasteiger partial charge in [0.15, 0.2) is 5.82 Å². The minimum atomic E-state index is 0.380. The molecule has 0 saturated heterocycles. The fourth-order valence-corrected chi connectivity index (χ4v) is 3.16. The van der Waals surface area contributed by atoms with Crippen molar-refractivity contribution in [2.75, 3.05) is 0 Å². The molecule has 5 nitrogen and oxygen atoms in total. The Morgan fingerprint density at radius 2 is 1.80 bits per heavy atom. The Hall–Kier alpha value is -3.30. The van der Waals surface area contributed by atoms with Gasteiger partial charge in [0.1, 0.15) is 11.3 Å². The van der Waals surface area contributed by atoms with Crippen LogP contribution in [0.15, 0.2) is 60.2 Å². The smallest absolute Gasteiger partial charge is 0.235 e. The highest BCUT2D eigenvalue weighted by atomic mass is 32.1. The van der Waals surface area contributed by atoms with Crippen molar-refractivity contribution < 1.29 is 4.74 Å². The standard InChI is InChI=1S/C19H12N4OS/c20-11-13-1-3-14(4-2-13)12-24-19-17-16(7-10-25-17)22-18(23-19)15-5-8-21-9-6-15/h1-10H,12H2. The topological polar surface area (TPSA) is 71.7 Å². The van der Waals surface area contributed by atoms with Gasteiger partial charge in [0.25, 0.3) is 0 Å². The van der Waals surface area contributed by atoms with Crippen molar-refractivity contribution in [1.29, 1.82) is 5.26 Å². The molecule has 3 heterocycles. The van der Waals surface area contributed by atoms with Crippen LogP contribution in [0.3, 0.4) is 0 Å². The molecule has 0 N–H and O–H groups in total. The van der Waals surface area contributed by atoms with Crippen LogP contribution >= 0.6 is 11.3 Å². The molecule has 4 rings (SSSR count). The highest BCUT2D eigenvalue weighted by Gasteiger charge is 2.12. The number of rotatable bonds is 4. The normalized spacial score (nSPS) is 10.5. The predicted molar refractivity (Wildman–Crippen MR) is 96.1 cm³/mol. The predicted octanol–water partition coefficient (Wildman–Crippen LogP) is 4.20.